The molecule has 2 aromatic carbocycles. The minimum atomic E-state index is -3.64. The van der Waals surface area contributed by atoms with Crippen molar-refractivity contribution < 1.29 is 17.7 Å². The normalized spacial score (nSPS) is 14.9. The number of piperazine rings is 1. The number of para-hydroxylation sites is 1. The number of anilines is 1. The molecule has 0 saturated carbocycles. The summed E-state index contributed by atoms with van der Waals surface area (Å²) < 4.78 is 38.1. The summed E-state index contributed by atoms with van der Waals surface area (Å²) in [6.45, 7) is 8.62. The molecular formula is C25H31ClN4O4S. The van der Waals surface area contributed by atoms with Gasteiger partial charge >= 0.3 is 0 Å². The fourth-order valence-electron chi connectivity index (χ4n) is 4.20. The molecule has 1 aromatic heterocycles. The van der Waals surface area contributed by atoms with Crippen molar-refractivity contribution in [1.82, 2.24) is 14.8 Å². The van der Waals surface area contributed by atoms with Gasteiger partial charge in [-0.1, -0.05) is 41.0 Å². The molecule has 0 atom stereocenters. The van der Waals surface area contributed by atoms with Gasteiger partial charge in [0.2, 0.25) is 10.0 Å². The number of halogens is 1. The van der Waals surface area contributed by atoms with Crippen LogP contribution in [0.5, 0.6) is 5.75 Å². The molecule has 0 amide bonds. The van der Waals surface area contributed by atoms with Gasteiger partial charge in [-0.3, -0.25) is 4.90 Å². The van der Waals surface area contributed by atoms with E-state index in [4.69, 9.17) is 20.9 Å². The number of sulfonamides is 1. The second kappa shape index (κ2) is 11.4. The van der Waals surface area contributed by atoms with Crippen molar-refractivity contribution in [3.63, 3.8) is 0 Å². The molecule has 0 unspecified atom stereocenters. The van der Waals surface area contributed by atoms with Crippen LogP contribution in [0.4, 0.5) is 5.69 Å². The molecule has 3 aromatic rings. The van der Waals surface area contributed by atoms with Crippen LogP contribution in [0.25, 0.3) is 0 Å². The first-order valence-corrected chi connectivity index (χ1v) is 13.6. The Morgan fingerprint density at radius 3 is 2.43 bits per heavy atom. The fourth-order valence-corrected chi connectivity index (χ4v) is 5.86. The molecule has 35 heavy (non-hydrogen) atoms. The molecule has 10 heteroatoms. The molecule has 0 bridgehead atoms. The van der Waals surface area contributed by atoms with Crippen molar-refractivity contribution in [2.45, 2.75) is 31.7 Å². The van der Waals surface area contributed by atoms with Crippen molar-refractivity contribution in [1.29, 1.82) is 0 Å². The predicted molar refractivity (Wildman–Crippen MR) is 137 cm³/mol. The highest BCUT2D eigenvalue weighted by Crippen LogP contribution is 2.26. The van der Waals surface area contributed by atoms with Gasteiger partial charge in [-0.25, -0.2) is 13.1 Å². The Bertz CT molecular complexity index is 1200. The summed E-state index contributed by atoms with van der Waals surface area (Å²) in [5.41, 5.74) is 2.69. The molecule has 188 valence electrons. The molecule has 1 saturated heterocycles. The summed E-state index contributed by atoms with van der Waals surface area (Å²) in [6, 6.07) is 16.1. The van der Waals surface area contributed by atoms with Crippen LogP contribution in [-0.4, -0.2) is 57.8 Å². The van der Waals surface area contributed by atoms with E-state index in [9.17, 15) is 8.42 Å². The number of benzene rings is 2. The van der Waals surface area contributed by atoms with E-state index in [1.165, 1.54) is 5.56 Å². The lowest BCUT2D eigenvalue weighted by atomic mass is 10.2. The van der Waals surface area contributed by atoms with Gasteiger partial charge in [-0.2, -0.15) is 0 Å². The second-order valence-corrected chi connectivity index (χ2v) is 10.7. The van der Waals surface area contributed by atoms with Crippen LogP contribution in [0.3, 0.4) is 0 Å². The minimum absolute atomic E-state index is 0.110. The number of hydrogen-bond donors (Lipinski definition) is 1. The van der Waals surface area contributed by atoms with Crippen molar-refractivity contribution in [2.75, 3.05) is 44.2 Å². The monoisotopic (exact) mass is 518 g/mol. The molecule has 0 spiro atoms. The standard InChI is InChI=1S/C25H31ClN4O4S/c1-19-25(20(2)34-28-19)35(31,32)27-12-5-17-33-22-10-8-21(9-11-22)18-29-13-15-30(16-14-29)24-7-4-3-6-23(24)26/h3-4,6-11,27H,5,12-18H2,1-2H3. The van der Waals surface area contributed by atoms with Gasteiger partial charge in [0.25, 0.3) is 0 Å². The molecular weight excluding hydrogens is 488 g/mol. The van der Waals surface area contributed by atoms with Gasteiger partial charge in [0, 0.05) is 39.3 Å². The maximum atomic E-state index is 12.4. The van der Waals surface area contributed by atoms with Gasteiger partial charge in [-0.15, -0.1) is 0 Å². The second-order valence-electron chi connectivity index (χ2n) is 8.61. The lowest BCUT2D eigenvalue weighted by Crippen LogP contribution is -2.46. The number of ether oxygens (including phenoxy) is 1. The number of hydrogen-bond acceptors (Lipinski definition) is 7. The zero-order valence-electron chi connectivity index (χ0n) is 20.0. The van der Waals surface area contributed by atoms with Gasteiger partial charge < -0.3 is 14.2 Å². The zero-order valence-corrected chi connectivity index (χ0v) is 21.6. The van der Waals surface area contributed by atoms with E-state index in [2.05, 4.69) is 37.9 Å². The van der Waals surface area contributed by atoms with E-state index in [-0.39, 0.29) is 17.2 Å². The number of aromatic nitrogens is 1. The Hall–Kier alpha value is -2.59. The van der Waals surface area contributed by atoms with Crippen LogP contribution >= 0.6 is 11.6 Å². The first-order chi connectivity index (χ1) is 16.8. The topological polar surface area (TPSA) is 87.9 Å². The molecule has 0 aliphatic carbocycles. The van der Waals surface area contributed by atoms with E-state index in [1.807, 2.05) is 30.3 Å². The molecule has 1 aliphatic heterocycles. The van der Waals surface area contributed by atoms with Gasteiger partial charge in [0.1, 0.15) is 16.3 Å². The van der Waals surface area contributed by atoms with Crippen LogP contribution in [0, 0.1) is 13.8 Å². The Labute approximate surface area is 211 Å². The van der Waals surface area contributed by atoms with Gasteiger partial charge in [-0.05, 0) is 50.1 Å². The molecule has 8 nitrogen and oxygen atoms in total. The van der Waals surface area contributed by atoms with Crippen molar-refractivity contribution in [3.8, 4) is 5.75 Å². The molecule has 1 fully saturated rings. The smallest absolute Gasteiger partial charge is 0.245 e. The molecule has 4 rings (SSSR count). The van der Waals surface area contributed by atoms with E-state index < -0.39 is 10.0 Å². The number of rotatable bonds is 10. The lowest BCUT2D eigenvalue weighted by Gasteiger charge is -2.36. The summed E-state index contributed by atoms with van der Waals surface area (Å²) in [5, 5.41) is 4.50. The summed E-state index contributed by atoms with van der Waals surface area (Å²) in [6.07, 6.45) is 0.542. The van der Waals surface area contributed by atoms with Crippen LogP contribution in [0.15, 0.2) is 57.9 Å². The Morgan fingerprint density at radius 2 is 1.77 bits per heavy atom. The van der Waals surface area contributed by atoms with Crippen LogP contribution in [0.1, 0.15) is 23.4 Å². The SMILES string of the molecule is Cc1noc(C)c1S(=O)(=O)NCCCOc1ccc(CN2CCN(c3ccccc3Cl)CC2)cc1. The first-order valence-electron chi connectivity index (χ1n) is 11.7. The quantitative estimate of drug-likeness (QED) is 0.406. The summed E-state index contributed by atoms with van der Waals surface area (Å²) in [4.78, 5) is 4.89. The molecule has 2 heterocycles. The zero-order chi connectivity index (χ0) is 24.8. The van der Waals surface area contributed by atoms with Crippen LogP contribution in [-0.2, 0) is 16.6 Å². The Morgan fingerprint density at radius 1 is 1.06 bits per heavy atom. The Balaban J connectivity index is 1.17. The predicted octanol–water partition coefficient (Wildman–Crippen LogP) is 4.01. The van der Waals surface area contributed by atoms with E-state index >= 15 is 0 Å². The van der Waals surface area contributed by atoms with Crippen molar-refractivity contribution in [2.24, 2.45) is 0 Å². The maximum Gasteiger partial charge on any atom is 0.245 e. The molecule has 0 radical (unpaired) electrons. The summed E-state index contributed by atoms with van der Waals surface area (Å²) >= 11 is 6.34. The molecule has 1 N–H and O–H groups in total. The average molecular weight is 519 g/mol. The highest BCUT2D eigenvalue weighted by atomic mass is 35.5. The summed E-state index contributed by atoms with van der Waals surface area (Å²) in [7, 11) is -3.64. The third-order valence-electron chi connectivity index (χ3n) is 6.01. The van der Waals surface area contributed by atoms with Gasteiger partial charge in [0.15, 0.2) is 5.76 Å². The summed E-state index contributed by atoms with van der Waals surface area (Å²) in [5.74, 6) is 1.06. The first kappa shape index (κ1) is 25.5. The van der Waals surface area contributed by atoms with Crippen LogP contribution in [0.2, 0.25) is 5.02 Å². The van der Waals surface area contributed by atoms with Crippen molar-refractivity contribution in [3.05, 3.63) is 70.6 Å². The highest BCUT2D eigenvalue weighted by molar-refractivity contribution is 7.89. The third-order valence-corrected chi connectivity index (χ3v) is 8.04. The lowest BCUT2D eigenvalue weighted by molar-refractivity contribution is 0.249. The number of nitrogens with one attached hydrogen (secondary N) is 1. The van der Waals surface area contributed by atoms with Gasteiger partial charge in [0.05, 0.1) is 17.3 Å². The van der Waals surface area contributed by atoms with E-state index in [1.54, 1.807) is 13.8 Å². The maximum absolute atomic E-state index is 12.4. The highest BCUT2D eigenvalue weighted by Gasteiger charge is 2.23. The number of nitrogens with zero attached hydrogens (tertiary/aromatic N) is 3. The molecule has 1 aliphatic rings. The largest absolute Gasteiger partial charge is 0.494 e. The van der Waals surface area contributed by atoms with Crippen LogP contribution < -0.4 is 14.4 Å². The average Bonchev–Trinajstić information content (AvgIpc) is 3.19. The third kappa shape index (κ3) is 6.55. The Kier molecular flexibility index (Phi) is 8.33. The fraction of sp³-hybridized carbons (Fsp3) is 0.400. The van der Waals surface area contributed by atoms with E-state index in [0.29, 0.717) is 18.7 Å². The van der Waals surface area contributed by atoms with Crippen molar-refractivity contribution >= 4 is 27.3 Å². The minimum Gasteiger partial charge on any atom is -0.494 e. The van der Waals surface area contributed by atoms with E-state index in [0.717, 1.165) is 49.2 Å². The number of aryl methyl sites for hydroxylation is 2.